The summed E-state index contributed by atoms with van der Waals surface area (Å²) in [7, 11) is 1.54. The smallest absolute Gasteiger partial charge is 0.244 e. The lowest BCUT2D eigenvalue weighted by Crippen LogP contribution is -2.34. The van der Waals surface area contributed by atoms with E-state index in [0.29, 0.717) is 30.5 Å². The average molecular weight is 414 g/mol. The van der Waals surface area contributed by atoms with E-state index in [0.717, 1.165) is 11.1 Å². The quantitative estimate of drug-likeness (QED) is 0.510. The predicted molar refractivity (Wildman–Crippen MR) is 109 cm³/mol. The molecule has 7 nitrogen and oxygen atoms in total. The van der Waals surface area contributed by atoms with Crippen LogP contribution in [0.25, 0.3) is 6.08 Å². The highest BCUT2D eigenvalue weighted by Crippen LogP contribution is 2.40. The Hall–Kier alpha value is -3.55. The Bertz CT molecular complexity index is 911. The molecule has 0 bridgehead atoms. The van der Waals surface area contributed by atoms with Crippen molar-refractivity contribution in [1.29, 1.82) is 0 Å². The SMILES string of the molecule is COc1cc(/C=C/C(=O)NCCNC(=O)Cc2ccc(F)cc2)cc2c1OCCO2. The van der Waals surface area contributed by atoms with Crippen LogP contribution in [0, 0.1) is 5.82 Å². The molecule has 0 aromatic heterocycles. The standard InChI is InChI=1S/C22H23FN2O5/c1-28-18-12-16(13-19-22(18)30-11-10-29-19)4-7-20(26)24-8-9-25-21(27)14-15-2-5-17(23)6-3-15/h2-7,12-13H,8-11,14H2,1H3,(H,24,26)(H,25,27)/b7-4+. The molecule has 0 radical (unpaired) electrons. The lowest BCUT2D eigenvalue weighted by atomic mass is 10.1. The summed E-state index contributed by atoms with van der Waals surface area (Å²) in [4.78, 5) is 23.9. The van der Waals surface area contributed by atoms with E-state index in [4.69, 9.17) is 14.2 Å². The zero-order valence-electron chi connectivity index (χ0n) is 16.6. The molecule has 2 aromatic rings. The second-order valence-electron chi connectivity index (χ2n) is 6.52. The Morgan fingerprint density at radius 1 is 1.10 bits per heavy atom. The summed E-state index contributed by atoms with van der Waals surface area (Å²) in [5.74, 6) is 0.832. The minimum absolute atomic E-state index is 0.153. The molecule has 0 saturated carbocycles. The number of rotatable bonds is 8. The summed E-state index contributed by atoms with van der Waals surface area (Å²) >= 11 is 0. The molecule has 2 amide bonds. The second kappa shape index (κ2) is 10.3. The molecule has 2 aromatic carbocycles. The number of ether oxygens (including phenoxy) is 3. The zero-order valence-corrected chi connectivity index (χ0v) is 16.6. The maximum absolute atomic E-state index is 12.9. The van der Waals surface area contributed by atoms with Gasteiger partial charge in [-0.3, -0.25) is 9.59 Å². The monoisotopic (exact) mass is 414 g/mol. The molecule has 3 rings (SSSR count). The van der Waals surface area contributed by atoms with Crippen molar-refractivity contribution in [2.75, 3.05) is 33.4 Å². The van der Waals surface area contributed by atoms with Gasteiger partial charge in [-0.1, -0.05) is 12.1 Å². The molecule has 2 N–H and O–H groups in total. The lowest BCUT2D eigenvalue weighted by molar-refractivity contribution is -0.121. The van der Waals surface area contributed by atoms with Crippen molar-refractivity contribution in [3.8, 4) is 17.2 Å². The summed E-state index contributed by atoms with van der Waals surface area (Å²) < 4.78 is 29.3. The topological polar surface area (TPSA) is 85.9 Å². The van der Waals surface area contributed by atoms with Crippen LogP contribution in [0.3, 0.4) is 0 Å². The summed E-state index contributed by atoms with van der Waals surface area (Å²) in [6.07, 6.45) is 3.19. The van der Waals surface area contributed by atoms with Crippen LogP contribution in [0.2, 0.25) is 0 Å². The minimum atomic E-state index is -0.343. The number of methoxy groups -OCH3 is 1. The van der Waals surface area contributed by atoms with E-state index in [1.165, 1.54) is 25.3 Å². The van der Waals surface area contributed by atoms with E-state index in [2.05, 4.69) is 10.6 Å². The largest absolute Gasteiger partial charge is 0.493 e. The summed E-state index contributed by atoms with van der Waals surface area (Å²) in [6, 6.07) is 9.28. The fraction of sp³-hybridized carbons (Fsp3) is 0.273. The predicted octanol–water partition coefficient (Wildman–Crippen LogP) is 2.09. The summed E-state index contributed by atoms with van der Waals surface area (Å²) in [5, 5.41) is 5.40. The van der Waals surface area contributed by atoms with E-state index in [9.17, 15) is 14.0 Å². The molecule has 0 unspecified atom stereocenters. The molecule has 1 aliphatic rings. The molecule has 0 spiro atoms. The highest BCUT2D eigenvalue weighted by atomic mass is 19.1. The van der Waals surface area contributed by atoms with Crippen LogP contribution in [0.1, 0.15) is 11.1 Å². The van der Waals surface area contributed by atoms with E-state index < -0.39 is 0 Å². The maximum atomic E-state index is 12.9. The van der Waals surface area contributed by atoms with E-state index in [1.807, 2.05) is 0 Å². The van der Waals surface area contributed by atoms with Gasteiger partial charge in [0.15, 0.2) is 11.5 Å². The van der Waals surface area contributed by atoms with Gasteiger partial charge in [0.2, 0.25) is 17.6 Å². The number of halogens is 1. The van der Waals surface area contributed by atoms with Crippen molar-refractivity contribution in [1.82, 2.24) is 10.6 Å². The van der Waals surface area contributed by atoms with Crippen LogP contribution in [0.5, 0.6) is 17.2 Å². The second-order valence-corrected chi connectivity index (χ2v) is 6.52. The number of hydrogen-bond donors (Lipinski definition) is 2. The first-order valence-corrected chi connectivity index (χ1v) is 9.50. The Balaban J connectivity index is 1.43. The Morgan fingerprint density at radius 2 is 1.83 bits per heavy atom. The van der Waals surface area contributed by atoms with Crippen LogP contribution in [-0.4, -0.2) is 45.2 Å². The highest BCUT2D eigenvalue weighted by molar-refractivity contribution is 5.92. The third-order valence-corrected chi connectivity index (χ3v) is 4.30. The first-order valence-electron chi connectivity index (χ1n) is 9.50. The number of amides is 2. The van der Waals surface area contributed by atoms with Gasteiger partial charge in [0.1, 0.15) is 19.0 Å². The van der Waals surface area contributed by atoms with Crippen molar-refractivity contribution in [3.05, 3.63) is 59.4 Å². The van der Waals surface area contributed by atoms with E-state index >= 15 is 0 Å². The zero-order chi connectivity index (χ0) is 21.3. The van der Waals surface area contributed by atoms with Crippen LogP contribution < -0.4 is 24.8 Å². The van der Waals surface area contributed by atoms with Crippen molar-refractivity contribution in [3.63, 3.8) is 0 Å². The van der Waals surface area contributed by atoms with Gasteiger partial charge in [0.05, 0.1) is 13.5 Å². The molecule has 158 valence electrons. The van der Waals surface area contributed by atoms with E-state index in [1.54, 1.807) is 30.3 Å². The summed E-state index contributed by atoms with van der Waals surface area (Å²) in [6.45, 7) is 1.48. The van der Waals surface area contributed by atoms with Crippen LogP contribution in [-0.2, 0) is 16.0 Å². The minimum Gasteiger partial charge on any atom is -0.493 e. The Labute approximate surface area is 173 Å². The number of benzene rings is 2. The van der Waals surface area contributed by atoms with Gasteiger partial charge in [0.25, 0.3) is 0 Å². The van der Waals surface area contributed by atoms with Gasteiger partial charge < -0.3 is 24.8 Å². The number of hydrogen-bond acceptors (Lipinski definition) is 5. The van der Waals surface area contributed by atoms with Gasteiger partial charge in [0, 0.05) is 19.2 Å². The average Bonchev–Trinajstić information content (AvgIpc) is 2.76. The van der Waals surface area contributed by atoms with Crippen LogP contribution in [0.4, 0.5) is 4.39 Å². The van der Waals surface area contributed by atoms with Gasteiger partial charge >= 0.3 is 0 Å². The molecule has 0 saturated heterocycles. The Morgan fingerprint density at radius 3 is 2.60 bits per heavy atom. The lowest BCUT2D eigenvalue weighted by Gasteiger charge is -2.20. The van der Waals surface area contributed by atoms with Crippen molar-refractivity contribution in [2.24, 2.45) is 0 Å². The first-order chi connectivity index (χ1) is 14.5. The third kappa shape index (κ3) is 5.97. The number of carbonyl (C=O) groups is 2. The van der Waals surface area contributed by atoms with Crippen molar-refractivity contribution < 1.29 is 28.2 Å². The molecule has 0 atom stereocenters. The van der Waals surface area contributed by atoms with Crippen molar-refractivity contribution >= 4 is 17.9 Å². The number of carbonyl (C=O) groups excluding carboxylic acids is 2. The van der Waals surface area contributed by atoms with Gasteiger partial charge in [-0.25, -0.2) is 4.39 Å². The van der Waals surface area contributed by atoms with Crippen LogP contribution in [0.15, 0.2) is 42.5 Å². The molecule has 0 fully saturated rings. The molecular weight excluding hydrogens is 391 g/mol. The first kappa shape index (κ1) is 21.2. The maximum Gasteiger partial charge on any atom is 0.244 e. The summed E-state index contributed by atoms with van der Waals surface area (Å²) in [5.41, 5.74) is 1.45. The molecule has 1 aliphatic heterocycles. The number of nitrogens with one attached hydrogen (secondary N) is 2. The van der Waals surface area contributed by atoms with Gasteiger partial charge in [-0.15, -0.1) is 0 Å². The Kier molecular flexibility index (Phi) is 7.26. The molecule has 1 heterocycles. The fourth-order valence-electron chi connectivity index (χ4n) is 2.86. The van der Waals surface area contributed by atoms with Crippen LogP contribution >= 0.6 is 0 Å². The molecular formula is C22H23FN2O5. The fourth-order valence-corrected chi connectivity index (χ4v) is 2.86. The highest BCUT2D eigenvalue weighted by Gasteiger charge is 2.17. The van der Waals surface area contributed by atoms with E-state index in [-0.39, 0.29) is 37.1 Å². The van der Waals surface area contributed by atoms with Gasteiger partial charge in [-0.05, 0) is 41.5 Å². The van der Waals surface area contributed by atoms with Gasteiger partial charge in [-0.2, -0.15) is 0 Å². The normalized spacial score (nSPS) is 12.5. The molecule has 0 aliphatic carbocycles. The molecule has 30 heavy (non-hydrogen) atoms. The third-order valence-electron chi connectivity index (χ3n) is 4.30. The number of fused-ring (bicyclic) bond motifs is 1. The molecule has 8 heteroatoms. The van der Waals surface area contributed by atoms with Crippen molar-refractivity contribution in [2.45, 2.75) is 6.42 Å².